The Morgan fingerprint density at radius 3 is 2.45 bits per heavy atom. The Kier molecular flexibility index (Phi) is 3.39. The van der Waals surface area contributed by atoms with Gasteiger partial charge in [-0.2, -0.15) is 0 Å². The summed E-state index contributed by atoms with van der Waals surface area (Å²) in [6.45, 7) is 0.507. The van der Waals surface area contributed by atoms with Crippen LogP contribution in [0.5, 0.6) is 0 Å². The van der Waals surface area contributed by atoms with E-state index in [4.69, 9.17) is 16.1 Å². The van der Waals surface area contributed by atoms with Crippen molar-refractivity contribution in [2.24, 2.45) is 0 Å². The van der Waals surface area contributed by atoms with Crippen molar-refractivity contribution in [3.8, 4) is 11.3 Å². The zero-order valence-electron chi connectivity index (χ0n) is 10.5. The van der Waals surface area contributed by atoms with Crippen LogP contribution in [0.25, 0.3) is 11.3 Å². The summed E-state index contributed by atoms with van der Waals surface area (Å²) in [5.74, 6) is 0. The van der Waals surface area contributed by atoms with E-state index in [0.29, 0.717) is 17.3 Å². The van der Waals surface area contributed by atoms with E-state index in [1.807, 2.05) is 54.6 Å². The Hall–Kier alpha value is -2.33. The molecule has 0 saturated heterocycles. The number of hydrogen-bond acceptors (Lipinski definition) is 2. The summed E-state index contributed by atoms with van der Waals surface area (Å²) in [5, 5.41) is 3.31. The Labute approximate surface area is 120 Å². The number of H-pyrrole nitrogens is 1. The van der Waals surface area contributed by atoms with Gasteiger partial charge in [0.2, 0.25) is 6.54 Å². The number of halogens is 1. The van der Waals surface area contributed by atoms with Crippen LogP contribution < -0.4 is 10.3 Å². The SMILES string of the molecule is O=c1o[nH][n+](Cc2ccc(Cl)cc2)c1-c1ccccc1. The van der Waals surface area contributed by atoms with Crippen molar-refractivity contribution < 1.29 is 9.20 Å². The maximum atomic E-state index is 11.8. The third-order valence-electron chi connectivity index (χ3n) is 3.01. The van der Waals surface area contributed by atoms with E-state index < -0.39 is 0 Å². The van der Waals surface area contributed by atoms with Gasteiger partial charge in [0.15, 0.2) is 0 Å². The molecule has 0 amide bonds. The topological polar surface area (TPSA) is 49.9 Å². The van der Waals surface area contributed by atoms with Gasteiger partial charge < -0.3 is 0 Å². The van der Waals surface area contributed by atoms with Gasteiger partial charge in [-0.25, -0.2) is 4.79 Å². The highest BCUT2D eigenvalue weighted by molar-refractivity contribution is 6.30. The molecular weight excluding hydrogens is 276 g/mol. The molecule has 0 aliphatic rings. The lowest BCUT2D eigenvalue weighted by Gasteiger charge is -1.97. The van der Waals surface area contributed by atoms with Crippen molar-refractivity contribution in [1.82, 2.24) is 5.27 Å². The number of aromatic nitrogens is 2. The van der Waals surface area contributed by atoms with Gasteiger partial charge in [-0.05, 0) is 29.5 Å². The molecule has 20 heavy (non-hydrogen) atoms. The highest BCUT2D eigenvalue weighted by atomic mass is 35.5. The van der Waals surface area contributed by atoms with E-state index in [0.717, 1.165) is 11.1 Å². The fourth-order valence-electron chi connectivity index (χ4n) is 2.05. The minimum Gasteiger partial charge on any atom is -0.283 e. The second-order valence-electron chi connectivity index (χ2n) is 4.41. The number of rotatable bonds is 3. The fraction of sp³-hybridized carbons (Fsp3) is 0.0667. The van der Waals surface area contributed by atoms with Crippen LogP contribution in [0.1, 0.15) is 5.56 Å². The molecule has 2 aromatic carbocycles. The van der Waals surface area contributed by atoms with E-state index >= 15 is 0 Å². The predicted molar refractivity (Wildman–Crippen MR) is 75.5 cm³/mol. The molecule has 0 radical (unpaired) electrons. The molecule has 0 aliphatic carbocycles. The summed E-state index contributed by atoms with van der Waals surface area (Å²) < 4.78 is 6.58. The van der Waals surface area contributed by atoms with E-state index in [1.165, 1.54) is 0 Å². The molecule has 0 bridgehead atoms. The minimum atomic E-state index is -0.384. The molecular formula is C15H12ClN2O2+. The largest absolute Gasteiger partial charge is 0.435 e. The lowest BCUT2D eigenvalue weighted by Crippen LogP contribution is -2.39. The molecule has 1 heterocycles. The van der Waals surface area contributed by atoms with Gasteiger partial charge in [0.25, 0.3) is 0 Å². The Morgan fingerprint density at radius 2 is 1.75 bits per heavy atom. The number of nitrogens with zero attached hydrogens (tertiary/aromatic N) is 1. The van der Waals surface area contributed by atoms with Crippen molar-refractivity contribution >= 4 is 11.6 Å². The van der Waals surface area contributed by atoms with Crippen LogP contribution in [0.3, 0.4) is 0 Å². The Bertz CT molecular complexity index is 761. The first-order chi connectivity index (χ1) is 9.74. The Morgan fingerprint density at radius 1 is 1.05 bits per heavy atom. The van der Waals surface area contributed by atoms with Crippen LogP contribution in [0.2, 0.25) is 5.02 Å². The zero-order chi connectivity index (χ0) is 13.9. The number of nitrogens with one attached hydrogen (secondary N) is 1. The van der Waals surface area contributed by atoms with Crippen molar-refractivity contribution in [2.45, 2.75) is 6.54 Å². The van der Waals surface area contributed by atoms with Gasteiger partial charge in [0.1, 0.15) is 0 Å². The maximum absolute atomic E-state index is 11.8. The van der Waals surface area contributed by atoms with Crippen molar-refractivity contribution in [3.05, 3.63) is 75.6 Å². The third kappa shape index (κ3) is 2.51. The highest BCUT2D eigenvalue weighted by Crippen LogP contribution is 2.12. The smallest absolute Gasteiger partial charge is 0.283 e. The van der Waals surface area contributed by atoms with Gasteiger partial charge in [-0.3, -0.25) is 4.52 Å². The lowest BCUT2D eigenvalue weighted by atomic mass is 10.1. The standard InChI is InChI=1S/C15H11ClN2O2/c16-13-8-6-11(7-9-13)10-18-14(15(19)20-17-18)12-4-2-1-3-5-12/h1-9H,10H2/p+1. The van der Waals surface area contributed by atoms with Crippen molar-refractivity contribution in [1.29, 1.82) is 0 Å². The minimum absolute atomic E-state index is 0.384. The van der Waals surface area contributed by atoms with Crippen LogP contribution >= 0.6 is 11.6 Å². The summed E-state index contributed by atoms with van der Waals surface area (Å²) in [6, 6.07) is 16.9. The molecule has 1 N–H and O–H groups in total. The van der Waals surface area contributed by atoms with Crippen LogP contribution in [-0.4, -0.2) is 5.27 Å². The van der Waals surface area contributed by atoms with Gasteiger partial charge in [0.05, 0.1) is 5.56 Å². The molecule has 3 aromatic rings. The highest BCUT2D eigenvalue weighted by Gasteiger charge is 2.22. The monoisotopic (exact) mass is 287 g/mol. The summed E-state index contributed by atoms with van der Waals surface area (Å²) in [5.41, 5.74) is 1.95. The van der Waals surface area contributed by atoms with Gasteiger partial charge in [0, 0.05) is 10.6 Å². The predicted octanol–water partition coefficient (Wildman–Crippen LogP) is 2.62. The molecule has 0 saturated carbocycles. The van der Waals surface area contributed by atoms with E-state index in [9.17, 15) is 4.79 Å². The van der Waals surface area contributed by atoms with Crippen LogP contribution in [0.15, 0.2) is 63.9 Å². The quantitative estimate of drug-likeness (QED) is 0.753. The first kappa shape index (κ1) is 12.7. The average Bonchev–Trinajstić information content (AvgIpc) is 2.83. The van der Waals surface area contributed by atoms with Gasteiger partial charge >= 0.3 is 11.3 Å². The summed E-state index contributed by atoms with van der Waals surface area (Å²) >= 11 is 5.86. The second kappa shape index (κ2) is 5.35. The molecule has 3 rings (SSSR count). The van der Waals surface area contributed by atoms with E-state index in [2.05, 4.69) is 5.27 Å². The molecule has 0 atom stereocenters. The summed E-state index contributed by atoms with van der Waals surface area (Å²) in [6.07, 6.45) is 0. The van der Waals surface area contributed by atoms with E-state index in [-0.39, 0.29) is 5.63 Å². The number of hydrogen-bond donors (Lipinski definition) is 1. The fourth-order valence-corrected chi connectivity index (χ4v) is 2.18. The molecule has 0 fully saturated rings. The molecule has 5 heteroatoms. The lowest BCUT2D eigenvalue weighted by molar-refractivity contribution is -0.745. The molecule has 1 aromatic heterocycles. The maximum Gasteiger partial charge on any atom is 0.435 e. The first-order valence-corrected chi connectivity index (χ1v) is 6.53. The van der Waals surface area contributed by atoms with Gasteiger partial charge in [-0.1, -0.05) is 46.6 Å². The molecule has 4 nitrogen and oxygen atoms in total. The number of aromatic amines is 1. The average molecular weight is 288 g/mol. The summed E-state index contributed by atoms with van der Waals surface area (Å²) in [4.78, 5) is 11.8. The van der Waals surface area contributed by atoms with Crippen molar-refractivity contribution in [2.75, 3.05) is 0 Å². The molecule has 100 valence electrons. The number of benzene rings is 2. The van der Waals surface area contributed by atoms with Crippen LogP contribution in [0, 0.1) is 0 Å². The zero-order valence-corrected chi connectivity index (χ0v) is 11.3. The first-order valence-electron chi connectivity index (χ1n) is 6.15. The molecule has 0 unspecified atom stereocenters. The third-order valence-corrected chi connectivity index (χ3v) is 3.26. The van der Waals surface area contributed by atoms with Gasteiger partial charge in [-0.15, -0.1) is 0 Å². The molecule has 0 spiro atoms. The molecule has 0 aliphatic heterocycles. The summed E-state index contributed by atoms with van der Waals surface area (Å²) in [7, 11) is 0. The van der Waals surface area contributed by atoms with Crippen molar-refractivity contribution in [3.63, 3.8) is 0 Å². The second-order valence-corrected chi connectivity index (χ2v) is 4.84. The normalized spacial score (nSPS) is 10.7. The Balaban J connectivity index is 1.99. The van der Waals surface area contributed by atoms with Crippen LogP contribution in [-0.2, 0) is 6.54 Å². The van der Waals surface area contributed by atoms with Crippen LogP contribution in [0.4, 0.5) is 0 Å². The van der Waals surface area contributed by atoms with E-state index in [1.54, 1.807) is 4.68 Å².